The third-order valence-corrected chi connectivity index (χ3v) is 4.67. The number of hydroxylamine groups is 2. The van der Waals surface area contributed by atoms with Gasteiger partial charge in [0.2, 0.25) is 0 Å². The monoisotopic (exact) mass is 339 g/mol. The topological polar surface area (TPSA) is 74.3 Å². The Morgan fingerprint density at radius 3 is 2.18 bits per heavy atom. The molecule has 0 heterocycles. The van der Waals surface area contributed by atoms with E-state index in [4.69, 9.17) is 18.6 Å². The number of carbonyl (C=O) groups excluding carboxylic acids is 1. The second-order valence-electron chi connectivity index (χ2n) is 5.82. The first-order valence-electron chi connectivity index (χ1n) is 7.51. The minimum absolute atomic E-state index is 0.205. The summed E-state index contributed by atoms with van der Waals surface area (Å²) in [5.74, 6) is 0. The molecule has 0 saturated carbocycles. The molecule has 0 aliphatic heterocycles. The number of unbranched alkanes of at least 4 members (excludes halogenated alkanes) is 1. The van der Waals surface area contributed by atoms with Gasteiger partial charge in [-0.3, -0.25) is 9.40 Å². The Balaban J connectivity index is 4.53. The smallest absolute Gasteiger partial charge is 0.434 e. The molecule has 0 aromatic rings. The quantitative estimate of drug-likeness (QED) is 0.342. The Bertz CT molecular complexity index is 361. The van der Waals surface area contributed by atoms with Gasteiger partial charge in [0.05, 0.1) is 19.3 Å². The van der Waals surface area contributed by atoms with E-state index in [-0.39, 0.29) is 12.7 Å². The molecule has 0 rings (SSSR count). The van der Waals surface area contributed by atoms with Gasteiger partial charge in [-0.1, -0.05) is 13.3 Å². The predicted octanol–water partition coefficient (Wildman–Crippen LogP) is 3.83. The summed E-state index contributed by atoms with van der Waals surface area (Å²) in [4.78, 5) is 17.6. The summed E-state index contributed by atoms with van der Waals surface area (Å²) in [5.41, 5.74) is -0.599. The van der Waals surface area contributed by atoms with Crippen LogP contribution < -0.4 is 0 Å². The SMILES string of the molecule is CCCCON(CCCP(=O)(OC)OC)C(=O)OC(C)(C)C. The van der Waals surface area contributed by atoms with E-state index in [0.717, 1.165) is 12.8 Å². The van der Waals surface area contributed by atoms with E-state index in [9.17, 15) is 9.36 Å². The van der Waals surface area contributed by atoms with Crippen LogP contribution in [0.4, 0.5) is 4.79 Å². The summed E-state index contributed by atoms with van der Waals surface area (Å²) in [6, 6.07) is 0. The summed E-state index contributed by atoms with van der Waals surface area (Å²) < 4.78 is 27.0. The first-order valence-corrected chi connectivity index (χ1v) is 9.24. The molecule has 0 spiro atoms. The van der Waals surface area contributed by atoms with Gasteiger partial charge >= 0.3 is 13.7 Å². The first kappa shape index (κ1) is 21.4. The molecule has 0 saturated heterocycles. The van der Waals surface area contributed by atoms with Crippen molar-refractivity contribution in [1.82, 2.24) is 5.06 Å². The molecule has 132 valence electrons. The van der Waals surface area contributed by atoms with Gasteiger partial charge in [-0.05, 0) is 33.6 Å². The first-order chi connectivity index (χ1) is 10.2. The van der Waals surface area contributed by atoms with Crippen molar-refractivity contribution >= 4 is 13.7 Å². The number of hydrogen-bond donors (Lipinski definition) is 0. The fraction of sp³-hybridized carbons (Fsp3) is 0.929. The maximum absolute atomic E-state index is 12.1. The lowest BCUT2D eigenvalue weighted by Crippen LogP contribution is -2.38. The van der Waals surface area contributed by atoms with E-state index in [2.05, 4.69) is 0 Å². The number of amides is 1. The second-order valence-corrected chi connectivity index (χ2v) is 8.22. The standard InChI is InChI=1S/C14H30NO6P/c1-7-8-11-20-15(13(16)21-14(2,3)4)10-9-12-22(17,18-5)19-6/h7-12H2,1-6H3. The largest absolute Gasteiger partial charge is 0.442 e. The molecular formula is C14H30NO6P. The van der Waals surface area contributed by atoms with Crippen LogP contribution in [0.25, 0.3) is 0 Å². The van der Waals surface area contributed by atoms with Crippen LogP contribution in [0.5, 0.6) is 0 Å². The molecule has 22 heavy (non-hydrogen) atoms. The van der Waals surface area contributed by atoms with Gasteiger partial charge in [-0.25, -0.2) is 4.79 Å². The maximum atomic E-state index is 12.1. The van der Waals surface area contributed by atoms with Gasteiger partial charge in [0.15, 0.2) is 0 Å². The highest BCUT2D eigenvalue weighted by molar-refractivity contribution is 7.53. The zero-order valence-corrected chi connectivity index (χ0v) is 15.5. The molecule has 0 aliphatic carbocycles. The van der Waals surface area contributed by atoms with Crippen LogP contribution in [-0.4, -0.2) is 50.3 Å². The van der Waals surface area contributed by atoms with E-state index in [1.165, 1.54) is 19.3 Å². The Kier molecular flexibility index (Phi) is 9.92. The van der Waals surface area contributed by atoms with Crippen molar-refractivity contribution in [3.05, 3.63) is 0 Å². The number of carbonyl (C=O) groups is 1. The Morgan fingerprint density at radius 1 is 1.14 bits per heavy atom. The fourth-order valence-corrected chi connectivity index (χ4v) is 2.55. The molecule has 0 atom stereocenters. The highest BCUT2D eigenvalue weighted by Crippen LogP contribution is 2.46. The Labute approximate surface area is 133 Å². The molecular weight excluding hydrogens is 309 g/mol. The van der Waals surface area contributed by atoms with Crippen molar-refractivity contribution in [1.29, 1.82) is 0 Å². The third-order valence-electron chi connectivity index (χ3n) is 2.69. The van der Waals surface area contributed by atoms with Crippen LogP contribution >= 0.6 is 7.60 Å². The molecule has 0 aliphatic rings. The summed E-state index contributed by atoms with van der Waals surface area (Å²) >= 11 is 0. The number of rotatable bonds is 10. The molecule has 0 aromatic heterocycles. The summed E-state index contributed by atoms with van der Waals surface area (Å²) in [5, 5.41) is 1.18. The van der Waals surface area contributed by atoms with Crippen LogP contribution in [0.3, 0.4) is 0 Å². The van der Waals surface area contributed by atoms with E-state index in [1.54, 1.807) is 20.8 Å². The van der Waals surface area contributed by atoms with Gasteiger partial charge in [0.1, 0.15) is 5.60 Å². The molecule has 0 bridgehead atoms. The number of ether oxygens (including phenoxy) is 1. The lowest BCUT2D eigenvalue weighted by molar-refractivity contribution is -0.147. The van der Waals surface area contributed by atoms with Crippen molar-refractivity contribution < 1.29 is 28.0 Å². The van der Waals surface area contributed by atoms with Crippen LogP contribution in [-0.2, 0) is 23.2 Å². The number of nitrogens with zero attached hydrogens (tertiary/aromatic N) is 1. The minimum Gasteiger partial charge on any atom is -0.442 e. The van der Waals surface area contributed by atoms with E-state index < -0.39 is 19.3 Å². The molecule has 0 N–H and O–H groups in total. The highest BCUT2D eigenvalue weighted by Gasteiger charge is 2.25. The lowest BCUT2D eigenvalue weighted by atomic mass is 10.2. The third kappa shape index (κ3) is 9.41. The van der Waals surface area contributed by atoms with Crippen molar-refractivity contribution in [2.75, 3.05) is 33.5 Å². The normalized spacial score (nSPS) is 12.3. The molecule has 1 amide bonds. The number of hydrogen-bond acceptors (Lipinski definition) is 6. The molecule has 0 fully saturated rings. The second kappa shape index (κ2) is 10.2. The summed E-state index contributed by atoms with van der Waals surface area (Å²) in [7, 11) is -0.393. The molecule has 0 radical (unpaired) electrons. The average Bonchev–Trinajstić information content (AvgIpc) is 2.43. The van der Waals surface area contributed by atoms with Gasteiger partial charge in [0, 0.05) is 14.2 Å². The van der Waals surface area contributed by atoms with Crippen LogP contribution in [0.2, 0.25) is 0 Å². The molecule has 0 aromatic carbocycles. The van der Waals surface area contributed by atoms with E-state index in [1.807, 2.05) is 6.92 Å². The predicted molar refractivity (Wildman–Crippen MR) is 84.9 cm³/mol. The van der Waals surface area contributed by atoms with Crippen molar-refractivity contribution in [2.24, 2.45) is 0 Å². The van der Waals surface area contributed by atoms with Crippen LogP contribution in [0.15, 0.2) is 0 Å². The Hall–Kier alpha value is -0.620. The van der Waals surface area contributed by atoms with Crippen molar-refractivity contribution in [3.8, 4) is 0 Å². The van der Waals surface area contributed by atoms with E-state index >= 15 is 0 Å². The van der Waals surface area contributed by atoms with E-state index in [0.29, 0.717) is 13.0 Å². The highest BCUT2D eigenvalue weighted by atomic mass is 31.2. The van der Waals surface area contributed by atoms with Gasteiger partial charge in [0.25, 0.3) is 0 Å². The van der Waals surface area contributed by atoms with Crippen molar-refractivity contribution in [2.45, 2.75) is 52.6 Å². The summed E-state index contributed by atoms with van der Waals surface area (Å²) in [6.07, 6.45) is 1.88. The zero-order chi connectivity index (χ0) is 17.2. The maximum Gasteiger partial charge on any atom is 0.434 e. The molecule has 8 heteroatoms. The van der Waals surface area contributed by atoms with Crippen LogP contribution in [0, 0.1) is 0 Å². The molecule has 0 unspecified atom stereocenters. The fourth-order valence-electron chi connectivity index (χ4n) is 1.51. The van der Waals surface area contributed by atoms with Crippen molar-refractivity contribution in [3.63, 3.8) is 0 Å². The van der Waals surface area contributed by atoms with Gasteiger partial charge in [-0.15, -0.1) is 0 Å². The average molecular weight is 339 g/mol. The van der Waals surface area contributed by atoms with Gasteiger partial charge < -0.3 is 13.8 Å². The Morgan fingerprint density at radius 2 is 1.73 bits per heavy atom. The summed E-state index contributed by atoms with van der Waals surface area (Å²) in [6.45, 7) is 8.10. The zero-order valence-electron chi connectivity index (χ0n) is 14.6. The van der Waals surface area contributed by atoms with Gasteiger partial charge in [-0.2, -0.15) is 5.06 Å². The minimum atomic E-state index is -3.07. The molecule has 7 nitrogen and oxygen atoms in total. The lowest BCUT2D eigenvalue weighted by Gasteiger charge is -2.27. The van der Waals surface area contributed by atoms with Crippen LogP contribution in [0.1, 0.15) is 47.0 Å².